The molecule has 0 spiro atoms. The first-order valence-corrected chi connectivity index (χ1v) is 7.06. The number of furan rings is 1. The van der Waals surface area contributed by atoms with Crippen molar-refractivity contribution in [1.29, 1.82) is 0 Å². The van der Waals surface area contributed by atoms with E-state index in [4.69, 9.17) is 4.42 Å². The zero-order valence-corrected chi connectivity index (χ0v) is 11.8. The normalized spacial score (nSPS) is 10.9. The SMILES string of the molecule is CCCc1[nH]ncc1C(=O)NCc1cc2ccccc2o1. The molecule has 3 rings (SSSR count). The third-order valence-corrected chi connectivity index (χ3v) is 3.36. The van der Waals surface area contributed by atoms with E-state index in [9.17, 15) is 4.79 Å². The van der Waals surface area contributed by atoms with Gasteiger partial charge in [0.2, 0.25) is 0 Å². The van der Waals surface area contributed by atoms with Gasteiger partial charge >= 0.3 is 0 Å². The summed E-state index contributed by atoms with van der Waals surface area (Å²) in [7, 11) is 0. The van der Waals surface area contributed by atoms with Gasteiger partial charge in [0, 0.05) is 11.1 Å². The van der Waals surface area contributed by atoms with Crippen molar-refractivity contribution in [3.8, 4) is 0 Å². The summed E-state index contributed by atoms with van der Waals surface area (Å²) in [6, 6.07) is 9.73. The van der Waals surface area contributed by atoms with Crippen LogP contribution in [-0.4, -0.2) is 16.1 Å². The summed E-state index contributed by atoms with van der Waals surface area (Å²) in [4.78, 5) is 12.2. The number of aromatic nitrogens is 2. The average Bonchev–Trinajstić information content (AvgIpc) is 3.11. The van der Waals surface area contributed by atoms with Gasteiger partial charge in [0.25, 0.3) is 5.91 Å². The molecule has 2 heterocycles. The Morgan fingerprint density at radius 3 is 3.05 bits per heavy atom. The second kappa shape index (κ2) is 5.83. The number of hydrogen-bond donors (Lipinski definition) is 2. The van der Waals surface area contributed by atoms with Gasteiger partial charge in [-0.25, -0.2) is 0 Å². The van der Waals surface area contributed by atoms with Gasteiger partial charge in [0.1, 0.15) is 11.3 Å². The zero-order valence-electron chi connectivity index (χ0n) is 11.8. The molecule has 0 aliphatic carbocycles. The quantitative estimate of drug-likeness (QED) is 0.756. The van der Waals surface area contributed by atoms with Gasteiger partial charge in [-0.05, 0) is 18.6 Å². The zero-order chi connectivity index (χ0) is 14.7. The molecule has 0 aliphatic heterocycles. The Morgan fingerprint density at radius 1 is 1.38 bits per heavy atom. The molecule has 3 aromatic rings. The first-order chi connectivity index (χ1) is 10.3. The summed E-state index contributed by atoms with van der Waals surface area (Å²) in [6.07, 6.45) is 3.35. The Labute approximate surface area is 122 Å². The van der Waals surface area contributed by atoms with Crippen LogP contribution >= 0.6 is 0 Å². The topological polar surface area (TPSA) is 70.9 Å². The first-order valence-electron chi connectivity index (χ1n) is 7.06. The number of aromatic amines is 1. The van der Waals surface area contributed by atoms with Crippen LogP contribution < -0.4 is 5.32 Å². The molecule has 0 radical (unpaired) electrons. The number of carbonyl (C=O) groups is 1. The van der Waals surface area contributed by atoms with Crippen molar-refractivity contribution < 1.29 is 9.21 Å². The fourth-order valence-corrected chi connectivity index (χ4v) is 2.34. The van der Waals surface area contributed by atoms with Crippen LogP contribution in [0.3, 0.4) is 0 Å². The minimum absolute atomic E-state index is 0.132. The molecule has 0 bridgehead atoms. The molecular weight excluding hydrogens is 266 g/mol. The standard InChI is InChI=1S/C16H17N3O2/c1-2-5-14-13(10-18-19-14)16(20)17-9-12-8-11-6-3-4-7-15(11)21-12/h3-4,6-8,10H,2,5,9H2,1H3,(H,17,20)(H,18,19). The van der Waals surface area contributed by atoms with Crippen molar-refractivity contribution in [3.63, 3.8) is 0 Å². The third-order valence-electron chi connectivity index (χ3n) is 3.36. The maximum absolute atomic E-state index is 12.2. The van der Waals surface area contributed by atoms with Crippen LogP contribution in [0, 0.1) is 0 Å². The molecule has 0 saturated carbocycles. The van der Waals surface area contributed by atoms with Crippen molar-refractivity contribution >= 4 is 16.9 Å². The summed E-state index contributed by atoms with van der Waals surface area (Å²) in [5, 5.41) is 10.7. The lowest BCUT2D eigenvalue weighted by atomic mass is 10.1. The van der Waals surface area contributed by atoms with Crippen molar-refractivity contribution in [3.05, 3.63) is 53.5 Å². The number of carbonyl (C=O) groups excluding carboxylic acids is 1. The number of amides is 1. The van der Waals surface area contributed by atoms with Gasteiger partial charge < -0.3 is 9.73 Å². The lowest BCUT2D eigenvalue weighted by Gasteiger charge is -2.03. The summed E-state index contributed by atoms with van der Waals surface area (Å²) in [5.74, 6) is 0.609. The number of fused-ring (bicyclic) bond motifs is 1. The molecule has 5 heteroatoms. The minimum Gasteiger partial charge on any atom is -0.459 e. The van der Waals surface area contributed by atoms with Gasteiger partial charge in [-0.1, -0.05) is 31.5 Å². The monoisotopic (exact) mass is 283 g/mol. The van der Waals surface area contributed by atoms with E-state index >= 15 is 0 Å². The number of aryl methyl sites for hydroxylation is 1. The van der Waals surface area contributed by atoms with E-state index < -0.39 is 0 Å². The fourth-order valence-electron chi connectivity index (χ4n) is 2.34. The fraction of sp³-hybridized carbons (Fsp3) is 0.250. The van der Waals surface area contributed by atoms with E-state index in [0.29, 0.717) is 12.1 Å². The number of H-pyrrole nitrogens is 1. The van der Waals surface area contributed by atoms with E-state index in [2.05, 4.69) is 22.4 Å². The largest absolute Gasteiger partial charge is 0.459 e. The molecule has 0 saturated heterocycles. The molecular formula is C16H17N3O2. The molecule has 2 N–H and O–H groups in total. The van der Waals surface area contributed by atoms with Crippen LogP contribution in [-0.2, 0) is 13.0 Å². The van der Waals surface area contributed by atoms with Crippen LogP contribution in [0.25, 0.3) is 11.0 Å². The number of benzene rings is 1. The summed E-state index contributed by atoms with van der Waals surface area (Å²) >= 11 is 0. The molecule has 108 valence electrons. The second-order valence-corrected chi connectivity index (χ2v) is 4.95. The maximum atomic E-state index is 12.2. The molecule has 0 atom stereocenters. The number of nitrogens with one attached hydrogen (secondary N) is 2. The summed E-state index contributed by atoms with van der Waals surface area (Å²) < 4.78 is 5.68. The van der Waals surface area contributed by atoms with Crippen LogP contribution in [0.2, 0.25) is 0 Å². The van der Waals surface area contributed by atoms with E-state index in [-0.39, 0.29) is 5.91 Å². The van der Waals surface area contributed by atoms with Gasteiger partial charge in [-0.3, -0.25) is 9.89 Å². The summed E-state index contributed by atoms with van der Waals surface area (Å²) in [5.41, 5.74) is 2.31. The molecule has 0 fully saturated rings. The van der Waals surface area contributed by atoms with Gasteiger partial charge in [-0.15, -0.1) is 0 Å². The van der Waals surface area contributed by atoms with Gasteiger partial charge in [0.05, 0.1) is 18.3 Å². The van der Waals surface area contributed by atoms with Crippen LogP contribution in [0.15, 0.2) is 40.9 Å². The van der Waals surface area contributed by atoms with E-state index in [0.717, 1.165) is 35.3 Å². The first kappa shape index (κ1) is 13.4. The lowest BCUT2D eigenvalue weighted by Crippen LogP contribution is -2.23. The molecule has 1 aromatic carbocycles. The van der Waals surface area contributed by atoms with Gasteiger partial charge in [0.15, 0.2) is 0 Å². The Hall–Kier alpha value is -2.56. The smallest absolute Gasteiger partial charge is 0.255 e. The molecule has 0 aliphatic rings. The minimum atomic E-state index is -0.132. The highest BCUT2D eigenvalue weighted by Gasteiger charge is 2.13. The van der Waals surface area contributed by atoms with Crippen LogP contribution in [0.4, 0.5) is 0 Å². The highest BCUT2D eigenvalue weighted by Crippen LogP contribution is 2.18. The Bertz CT molecular complexity index is 725. The highest BCUT2D eigenvalue weighted by atomic mass is 16.3. The average molecular weight is 283 g/mol. The molecule has 21 heavy (non-hydrogen) atoms. The van der Waals surface area contributed by atoms with Crippen molar-refractivity contribution in [2.24, 2.45) is 0 Å². The predicted molar refractivity (Wildman–Crippen MR) is 80.0 cm³/mol. The van der Waals surface area contributed by atoms with Crippen LogP contribution in [0.1, 0.15) is 35.2 Å². The number of nitrogens with zero attached hydrogens (tertiary/aromatic N) is 1. The van der Waals surface area contributed by atoms with Crippen LogP contribution in [0.5, 0.6) is 0 Å². The second-order valence-electron chi connectivity index (χ2n) is 4.95. The van der Waals surface area contributed by atoms with E-state index in [1.807, 2.05) is 30.3 Å². The maximum Gasteiger partial charge on any atom is 0.255 e. The number of para-hydroxylation sites is 1. The Morgan fingerprint density at radius 2 is 2.24 bits per heavy atom. The predicted octanol–water partition coefficient (Wildman–Crippen LogP) is 3.04. The third kappa shape index (κ3) is 2.81. The number of hydrogen-bond acceptors (Lipinski definition) is 3. The summed E-state index contributed by atoms with van der Waals surface area (Å²) in [6.45, 7) is 2.43. The molecule has 0 unspecified atom stereocenters. The number of rotatable bonds is 5. The molecule has 1 amide bonds. The Kier molecular flexibility index (Phi) is 3.73. The van der Waals surface area contributed by atoms with Crippen molar-refractivity contribution in [1.82, 2.24) is 15.5 Å². The molecule has 2 aromatic heterocycles. The van der Waals surface area contributed by atoms with E-state index in [1.165, 1.54) is 0 Å². The van der Waals surface area contributed by atoms with Crippen molar-refractivity contribution in [2.75, 3.05) is 0 Å². The van der Waals surface area contributed by atoms with Crippen molar-refractivity contribution in [2.45, 2.75) is 26.3 Å². The van der Waals surface area contributed by atoms with Gasteiger partial charge in [-0.2, -0.15) is 5.10 Å². The van der Waals surface area contributed by atoms with E-state index in [1.54, 1.807) is 6.20 Å². The molecule has 5 nitrogen and oxygen atoms in total. The Balaban J connectivity index is 1.69. The lowest BCUT2D eigenvalue weighted by molar-refractivity contribution is 0.0947. The highest BCUT2D eigenvalue weighted by molar-refractivity contribution is 5.95.